The molecule has 1 saturated heterocycles. The zero-order chi connectivity index (χ0) is 18.9. The molecule has 1 aliphatic rings. The van der Waals surface area contributed by atoms with Gasteiger partial charge in [0, 0.05) is 20.8 Å². The molecule has 25 heavy (non-hydrogen) atoms. The summed E-state index contributed by atoms with van der Waals surface area (Å²) in [6.07, 6.45) is -3.64. The van der Waals surface area contributed by atoms with Gasteiger partial charge in [-0.1, -0.05) is 0 Å². The molecule has 2 atom stereocenters. The Morgan fingerprint density at radius 1 is 0.880 bits per heavy atom. The van der Waals surface area contributed by atoms with E-state index in [0.29, 0.717) is 0 Å². The summed E-state index contributed by atoms with van der Waals surface area (Å²) in [5.41, 5.74) is 0. The molecule has 2 unspecified atom stereocenters. The number of aliphatic hydroxyl groups excluding tert-OH is 2. The standard InChI is InChI=1S/C4H6O6.3C2H4O2.2Al.H2O/c5-1(3(7)8)2(6)4(9)10;3*1-2(3)4;;;/h1-2,5-6H,(H,7,8)(H,9,10);3*1H3,(H,3,4);;;1H2/q;;;;+2;+3;/p-5. The Kier molecular flexibility index (Phi) is 12.9. The monoisotopic (exact) mass is 397 g/mol. The first-order valence-corrected chi connectivity index (χ1v) is 8.50. The van der Waals surface area contributed by atoms with Gasteiger partial charge in [-0.3, -0.25) is 24.0 Å². The molecular weight excluding hydrogens is 382 g/mol. The summed E-state index contributed by atoms with van der Waals surface area (Å²) in [5, 5.41) is 17.6. The number of aliphatic hydroxyl groups is 2. The van der Waals surface area contributed by atoms with Gasteiger partial charge < -0.3 is 34.6 Å². The van der Waals surface area contributed by atoms with Crippen molar-refractivity contribution < 1.29 is 58.6 Å². The van der Waals surface area contributed by atoms with E-state index in [2.05, 4.69) is 18.9 Å². The van der Waals surface area contributed by atoms with Gasteiger partial charge in [-0.25, -0.2) is 0 Å². The summed E-state index contributed by atoms with van der Waals surface area (Å²) >= 11 is -4.20. The third-order valence-electron chi connectivity index (χ3n) is 1.90. The molecule has 15 heteroatoms. The predicted molar refractivity (Wildman–Crippen MR) is 74.6 cm³/mol. The van der Waals surface area contributed by atoms with E-state index in [1.807, 2.05) is 0 Å². The average Bonchev–Trinajstić information content (AvgIpc) is 2.52. The maximum atomic E-state index is 10.5. The van der Waals surface area contributed by atoms with Gasteiger partial charge in [-0.05, 0) is 0 Å². The fourth-order valence-corrected chi connectivity index (χ4v) is 2.47. The molecule has 1 heterocycles. The molecule has 1 fully saturated rings. The lowest BCUT2D eigenvalue weighted by atomic mass is 10.2. The minimum Gasteiger partial charge on any atom is -0.587 e. The van der Waals surface area contributed by atoms with E-state index >= 15 is 0 Å². The average molecular weight is 397 g/mol. The zero-order valence-electron chi connectivity index (χ0n) is 13.3. The van der Waals surface area contributed by atoms with Crippen LogP contribution >= 0.6 is 0 Å². The highest BCUT2D eigenvalue weighted by molar-refractivity contribution is 6.43. The highest BCUT2D eigenvalue weighted by Gasteiger charge is 2.47. The molecule has 0 aromatic rings. The van der Waals surface area contributed by atoms with Crippen molar-refractivity contribution >= 4 is 60.9 Å². The molecule has 13 nitrogen and oxygen atoms in total. The van der Waals surface area contributed by atoms with E-state index in [9.17, 15) is 24.0 Å². The first-order chi connectivity index (χ1) is 11.0. The Morgan fingerprint density at radius 3 is 1.40 bits per heavy atom. The van der Waals surface area contributed by atoms with Crippen LogP contribution in [0.5, 0.6) is 0 Å². The Hall–Kier alpha value is -1.71. The van der Waals surface area contributed by atoms with Crippen molar-refractivity contribution in [3.05, 3.63) is 0 Å². The van der Waals surface area contributed by atoms with Crippen LogP contribution in [0, 0.1) is 0 Å². The van der Waals surface area contributed by atoms with E-state index in [1.165, 1.54) is 0 Å². The molecule has 0 amide bonds. The fraction of sp³-hybridized carbons (Fsp3) is 0.500. The Morgan fingerprint density at radius 2 is 1.16 bits per heavy atom. The highest BCUT2D eigenvalue weighted by atomic mass is 27.3. The molecule has 4 N–H and O–H groups in total. The van der Waals surface area contributed by atoms with E-state index in [4.69, 9.17) is 10.2 Å². The molecule has 1 rings (SSSR count). The van der Waals surface area contributed by atoms with Gasteiger partial charge in [-0.15, -0.1) is 0 Å². The third kappa shape index (κ3) is 11.5. The lowest BCUT2D eigenvalue weighted by Crippen LogP contribution is -2.38. The second-order valence-electron chi connectivity index (χ2n) is 3.98. The molecule has 0 saturated carbocycles. The largest absolute Gasteiger partial charge is 1.20 e. The fourth-order valence-electron chi connectivity index (χ4n) is 0.995. The number of hydrogen-bond donors (Lipinski definition) is 2. The van der Waals surface area contributed by atoms with Gasteiger partial charge in [0.15, 0.2) is 12.2 Å². The summed E-state index contributed by atoms with van der Waals surface area (Å²) in [6.45, 7) is 3.40. The molecule has 0 aromatic carbocycles. The van der Waals surface area contributed by atoms with Crippen LogP contribution in [0.4, 0.5) is 0 Å². The van der Waals surface area contributed by atoms with Gasteiger partial charge in [0.25, 0.3) is 17.9 Å². The maximum Gasteiger partial charge on any atom is 1.20 e. The van der Waals surface area contributed by atoms with Crippen LogP contribution in [0.15, 0.2) is 0 Å². The summed E-state index contributed by atoms with van der Waals surface area (Å²) in [4.78, 5) is 52.4. The van der Waals surface area contributed by atoms with Crippen LogP contribution in [0.1, 0.15) is 20.8 Å². The van der Waals surface area contributed by atoms with Crippen molar-refractivity contribution in [3.63, 3.8) is 0 Å². The van der Waals surface area contributed by atoms with Crippen molar-refractivity contribution in [2.75, 3.05) is 0 Å². The molecular formula is C10H15Al2O13. The van der Waals surface area contributed by atoms with Gasteiger partial charge >= 0.3 is 43.0 Å². The number of hydrogen-bond acceptors (Lipinski definition) is 12. The van der Waals surface area contributed by atoms with Crippen LogP contribution in [-0.2, 0) is 42.9 Å². The van der Waals surface area contributed by atoms with Crippen LogP contribution < -0.4 is 0 Å². The number of carbonyl (C=O) groups excluding carboxylic acids is 5. The molecule has 139 valence electrons. The lowest BCUT2D eigenvalue weighted by Gasteiger charge is -2.09. The summed E-state index contributed by atoms with van der Waals surface area (Å²) < 4.78 is 22.0. The molecule has 0 aliphatic carbocycles. The van der Waals surface area contributed by atoms with Crippen LogP contribution in [0.2, 0.25) is 0 Å². The first kappa shape index (κ1) is 25.5. The second-order valence-corrected chi connectivity index (χ2v) is 5.92. The summed E-state index contributed by atoms with van der Waals surface area (Å²) in [5.74, 6) is -4.02. The van der Waals surface area contributed by atoms with Crippen molar-refractivity contribution in [2.24, 2.45) is 0 Å². The Balaban J connectivity index is 0. The molecule has 0 bridgehead atoms. The van der Waals surface area contributed by atoms with Crippen molar-refractivity contribution in [1.29, 1.82) is 0 Å². The normalized spacial score (nSPS) is 18.3. The van der Waals surface area contributed by atoms with Crippen LogP contribution in [-0.4, -0.2) is 88.8 Å². The first-order valence-electron chi connectivity index (χ1n) is 6.15. The van der Waals surface area contributed by atoms with E-state index in [0.717, 1.165) is 20.8 Å². The number of carbonyl (C=O) groups is 5. The zero-order valence-corrected chi connectivity index (χ0v) is 15.6. The van der Waals surface area contributed by atoms with Gasteiger partial charge in [-0.2, -0.15) is 0 Å². The van der Waals surface area contributed by atoms with E-state index < -0.39 is 73.1 Å². The topological polar surface area (TPSA) is 203 Å². The van der Waals surface area contributed by atoms with Crippen LogP contribution in [0.3, 0.4) is 0 Å². The SMILES string of the molecule is CC(=O)[O][Al]([O]C(C)=O)[O]C(C)=O.O.O=C1[O][Al][O]C(=O)C(O)C1O. The van der Waals surface area contributed by atoms with E-state index in [1.54, 1.807) is 0 Å². The third-order valence-corrected chi connectivity index (χ3v) is 4.13. The minimum absolute atomic E-state index is 0. The highest BCUT2D eigenvalue weighted by Crippen LogP contribution is 2.02. The summed E-state index contributed by atoms with van der Waals surface area (Å²) in [6, 6.07) is 0. The molecule has 1 radical (unpaired) electrons. The quantitative estimate of drug-likeness (QED) is 0.440. The van der Waals surface area contributed by atoms with Gasteiger partial charge in [0.05, 0.1) is 0 Å². The van der Waals surface area contributed by atoms with Crippen molar-refractivity contribution in [2.45, 2.75) is 33.0 Å². The van der Waals surface area contributed by atoms with E-state index in [-0.39, 0.29) is 5.48 Å². The lowest BCUT2D eigenvalue weighted by molar-refractivity contribution is -0.156. The molecule has 0 spiro atoms. The van der Waals surface area contributed by atoms with Gasteiger partial charge in [0.2, 0.25) is 0 Å². The van der Waals surface area contributed by atoms with Gasteiger partial charge in [0.1, 0.15) is 0 Å². The Bertz CT molecular complexity index is 449. The summed E-state index contributed by atoms with van der Waals surface area (Å²) in [7, 11) is 0. The molecule has 1 aliphatic heterocycles. The van der Waals surface area contributed by atoms with Crippen molar-refractivity contribution in [3.8, 4) is 0 Å². The van der Waals surface area contributed by atoms with Crippen LogP contribution in [0.25, 0.3) is 0 Å². The second kappa shape index (κ2) is 12.6. The number of rotatable bonds is 3. The predicted octanol–water partition coefficient (Wildman–Crippen LogP) is -3.82. The van der Waals surface area contributed by atoms with Crippen molar-refractivity contribution in [1.82, 2.24) is 0 Å². The minimum atomic E-state index is -2.96. The maximum absolute atomic E-state index is 10.5. The Labute approximate surface area is 152 Å². The smallest absolute Gasteiger partial charge is 0.587 e. The molecule has 0 aromatic heterocycles.